The topological polar surface area (TPSA) is 62.3 Å². The SMILES string of the molecule is CNCc1cc(F)cnc1N(C)CCS(C)(=O)=O. The Hall–Kier alpha value is -1.21. The molecule has 7 heteroatoms. The zero-order chi connectivity index (χ0) is 13.8. The maximum Gasteiger partial charge on any atom is 0.149 e. The fourth-order valence-electron chi connectivity index (χ4n) is 1.55. The molecule has 5 nitrogen and oxygen atoms in total. The van der Waals surface area contributed by atoms with Gasteiger partial charge in [0, 0.05) is 32.0 Å². The van der Waals surface area contributed by atoms with E-state index in [4.69, 9.17) is 0 Å². The van der Waals surface area contributed by atoms with Crippen LogP contribution in [-0.2, 0) is 16.4 Å². The maximum absolute atomic E-state index is 13.1. The van der Waals surface area contributed by atoms with Crippen LogP contribution in [0.3, 0.4) is 0 Å². The first-order valence-corrected chi connectivity index (χ1v) is 7.57. The first-order valence-electron chi connectivity index (χ1n) is 5.51. The van der Waals surface area contributed by atoms with Crippen LogP contribution in [-0.4, -0.2) is 46.1 Å². The molecule has 0 saturated carbocycles. The zero-order valence-corrected chi connectivity index (χ0v) is 11.6. The van der Waals surface area contributed by atoms with Gasteiger partial charge in [-0.1, -0.05) is 0 Å². The van der Waals surface area contributed by atoms with E-state index in [9.17, 15) is 12.8 Å². The van der Waals surface area contributed by atoms with Crippen molar-refractivity contribution in [3.05, 3.63) is 23.6 Å². The lowest BCUT2D eigenvalue weighted by Gasteiger charge is -2.20. The highest BCUT2D eigenvalue weighted by Crippen LogP contribution is 2.17. The minimum absolute atomic E-state index is 0.0432. The molecule has 0 aliphatic rings. The van der Waals surface area contributed by atoms with Crippen LogP contribution in [0, 0.1) is 5.82 Å². The fourth-order valence-corrected chi connectivity index (χ4v) is 2.15. The minimum atomic E-state index is -3.02. The van der Waals surface area contributed by atoms with Gasteiger partial charge in [0.25, 0.3) is 0 Å². The number of rotatable bonds is 6. The lowest BCUT2D eigenvalue weighted by atomic mass is 10.2. The van der Waals surface area contributed by atoms with E-state index in [0.717, 1.165) is 6.20 Å². The van der Waals surface area contributed by atoms with Crippen LogP contribution in [0.15, 0.2) is 12.3 Å². The first kappa shape index (κ1) is 14.8. The maximum atomic E-state index is 13.1. The Bertz CT molecular complexity index is 505. The number of nitrogens with zero attached hydrogens (tertiary/aromatic N) is 2. The van der Waals surface area contributed by atoms with Crippen LogP contribution in [0.2, 0.25) is 0 Å². The second kappa shape index (κ2) is 6.10. The van der Waals surface area contributed by atoms with Crippen molar-refractivity contribution in [1.82, 2.24) is 10.3 Å². The largest absolute Gasteiger partial charge is 0.358 e. The molecule has 1 aromatic heterocycles. The van der Waals surface area contributed by atoms with Crippen LogP contribution in [0.5, 0.6) is 0 Å². The van der Waals surface area contributed by atoms with Gasteiger partial charge in [0.15, 0.2) is 0 Å². The molecule has 1 aromatic rings. The summed E-state index contributed by atoms with van der Waals surface area (Å²) in [5.41, 5.74) is 0.702. The zero-order valence-electron chi connectivity index (χ0n) is 10.8. The number of pyridine rings is 1. The number of hydrogen-bond acceptors (Lipinski definition) is 5. The van der Waals surface area contributed by atoms with Gasteiger partial charge in [-0.15, -0.1) is 0 Å². The molecular weight excluding hydrogens is 257 g/mol. The van der Waals surface area contributed by atoms with Crippen LogP contribution < -0.4 is 10.2 Å². The van der Waals surface area contributed by atoms with E-state index in [1.165, 1.54) is 12.3 Å². The van der Waals surface area contributed by atoms with Crippen molar-refractivity contribution < 1.29 is 12.8 Å². The Balaban J connectivity index is 2.87. The molecule has 1 N–H and O–H groups in total. The highest BCUT2D eigenvalue weighted by molar-refractivity contribution is 7.90. The van der Waals surface area contributed by atoms with Gasteiger partial charge in [-0.2, -0.15) is 0 Å². The summed E-state index contributed by atoms with van der Waals surface area (Å²) in [6.45, 7) is 0.803. The second-order valence-electron chi connectivity index (χ2n) is 4.22. The Morgan fingerprint density at radius 3 is 2.72 bits per heavy atom. The average molecular weight is 275 g/mol. The molecular formula is C11H18FN3O2S. The molecule has 0 atom stereocenters. The first-order chi connectivity index (χ1) is 8.33. The molecule has 0 aromatic carbocycles. The van der Waals surface area contributed by atoms with Crippen LogP contribution in [0.4, 0.5) is 10.2 Å². The van der Waals surface area contributed by atoms with Gasteiger partial charge in [-0.05, 0) is 13.1 Å². The minimum Gasteiger partial charge on any atom is -0.358 e. The van der Waals surface area contributed by atoms with E-state index < -0.39 is 15.7 Å². The Morgan fingerprint density at radius 1 is 1.50 bits per heavy atom. The third-order valence-electron chi connectivity index (χ3n) is 2.44. The summed E-state index contributed by atoms with van der Waals surface area (Å²) in [6, 6.07) is 1.40. The number of halogens is 1. The van der Waals surface area contributed by atoms with Gasteiger partial charge in [0.2, 0.25) is 0 Å². The van der Waals surface area contributed by atoms with Crippen molar-refractivity contribution in [3.63, 3.8) is 0 Å². The van der Waals surface area contributed by atoms with Crippen molar-refractivity contribution in [2.75, 3.05) is 37.5 Å². The van der Waals surface area contributed by atoms with E-state index in [1.54, 1.807) is 19.0 Å². The Kier molecular flexibility index (Phi) is 5.03. The molecule has 0 bridgehead atoms. The van der Waals surface area contributed by atoms with E-state index >= 15 is 0 Å². The highest BCUT2D eigenvalue weighted by atomic mass is 32.2. The predicted octanol–water partition coefficient (Wildman–Crippen LogP) is 0.421. The van der Waals surface area contributed by atoms with Gasteiger partial charge in [0.1, 0.15) is 21.5 Å². The summed E-state index contributed by atoms with van der Waals surface area (Å²) < 4.78 is 35.3. The Morgan fingerprint density at radius 2 is 2.17 bits per heavy atom. The predicted molar refractivity (Wildman–Crippen MR) is 69.9 cm³/mol. The molecule has 0 aliphatic heterocycles. The normalized spacial score (nSPS) is 11.6. The van der Waals surface area contributed by atoms with E-state index in [1.807, 2.05) is 0 Å². The summed E-state index contributed by atoms with van der Waals surface area (Å²) in [5, 5.41) is 2.93. The molecule has 18 heavy (non-hydrogen) atoms. The third-order valence-corrected chi connectivity index (χ3v) is 3.36. The second-order valence-corrected chi connectivity index (χ2v) is 6.48. The van der Waals surface area contributed by atoms with Crippen LogP contribution >= 0.6 is 0 Å². The molecule has 0 spiro atoms. The van der Waals surface area contributed by atoms with Crippen LogP contribution in [0.25, 0.3) is 0 Å². The lowest BCUT2D eigenvalue weighted by Crippen LogP contribution is -2.27. The summed E-state index contributed by atoms with van der Waals surface area (Å²) in [4.78, 5) is 5.73. The van der Waals surface area contributed by atoms with Crippen molar-refractivity contribution >= 4 is 15.7 Å². The van der Waals surface area contributed by atoms with Gasteiger partial charge >= 0.3 is 0 Å². The summed E-state index contributed by atoms with van der Waals surface area (Å²) >= 11 is 0. The van der Waals surface area contributed by atoms with Gasteiger partial charge < -0.3 is 10.2 Å². The smallest absolute Gasteiger partial charge is 0.149 e. The summed E-state index contributed by atoms with van der Waals surface area (Å²) in [6.07, 6.45) is 2.32. The van der Waals surface area contributed by atoms with Gasteiger partial charge in [-0.3, -0.25) is 0 Å². The standard InChI is InChI=1S/C11H18FN3O2S/c1-13-7-9-6-10(12)8-14-11(9)15(2)4-5-18(3,16)17/h6,8,13H,4-5,7H2,1-3H3. The molecule has 102 valence electrons. The summed E-state index contributed by atoms with van der Waals surface area (Å²) in [5.74, 6) is 0.233. The van der Waals surface area contributed by atoms with Crippen molar-refractivity contribution in [2.24, 2.45) is 0 Å². The molecule has 0 radical (unpaired) electrons. The van der Waals surface area contributed by atoms with E-state index in [-0.39, 0.29) is 5.75 Å². The number of nitrogens with one attached hydrogen (secondary N) is 1. The fraction of sp³-hybridized carbons (Fsp3) is 0.545. The van der Waals surface area contributed by atoms with Gasteiger partial charge in [0.05, 0.1) is 11.9 Å². The third kappa shape index (κ3) is 4.58. The monoisotopic (exact) mass is 275 g/mol. The quantitative estimate of drug-likeness (QED) is 0.815. The number of hydrogen-bond donors (Lipinski definition) is 1. The molecule has 0 saturated heterocycles. The molecule has 0 unspecified atom stereocenters. The van der Waals surface area contributed by atoms with E-state index in [2.05, 4.69) is 10.3 Å². The van der Waals surface area contributed by atoms with Crippen molar-refractivity contribution in [3.8, 4) is 0 Å². The van der Waals surface area contributed by atoms with Gasteiger partial charge in [-0.25, -0.2) is 17.8 Å². The molecule has 0 aliphatic carbocycles. The average Bonchev–Trinajstić information content (AvgIpc) is 2.25. The highest BCUT2D eigenvalue weighted by Gasteiger charge is 2.12. The lowest BCUT2D eigenvalue weighted by molar-refractivity contribution is 0.600. The van der Waals surface area contributed by atoms with Crippen LogP contribution in [0.1, 0.15) is 5.56 Å². The van der Waals surface area contributed by atoms with Crippen molar-refractivity contribution in [1.29, 1.82) is 0 Å². The molecule has 1 rings (SSSR count). The Labute approximate surface area is 107 Å². The number of anilines is 1. The molecule has 0 fully saturated rings. The number of aromatic nitrogens is 1. The van der Waals surface area contributed by atoms with E-state index in [0.29, 0.717) is 24.5 Å². The number of sulfone groups is 1. The molecule has 0 amide bonds. The summed E-state index contributed by atoms with van der Waals surface area (Å²) in [7, 11) is 0.476. The van der Waals surface area contributed by atoms with Crippen molar-refractivity contribution in [2.45, 2.75) is 6.54 Å². The molecule has 1 heterocycles.